The fourth-order valence-corrected chi connectivity index (χ4v) is 12.0. The smallest absolute Gasteiger partial charge is 0.328 e. The summed E-state index contributed by atoms with van der Waals surface area (Å²) in [5, 5.41) is 70.5. The molecule has 104 heavy (non-hydrogen) atoms. The van der Waals surface area contributed by atoms with Crippen molar-refractivity contribution in [2.75, 3.05) is 45.9 Å². The second-order valence-electron chi connectivity index (χ2n) is 27.6. The molecule has 588 valence electrons. The van der Waals surface area contributed by atoms with Crippen LogP contribution >= 0.6 is 0 Å². The van der Waals surface area contributed by atoms with Gasteiger partial charge in [-0.05, 0) is 114 Å². The number of amides is 14. The second-order valence-corrected chi connectivity index (χ2v) is 27.6. The number of likely N-dealkylation sites (tertiary alicyclic amines) is 3. The molecule has 14 amide bonds. The molecule has 21 N–H and O–H groups in total. The molecule has 3 heterocycles. The fourth-order valence-electron chi connectivity index (χ4n) is 12.0. The molecule has 0 aromatic heterocycles. The maximum absolute atomic E-state index is 14.6. The summed E-state index contributed by atoms with van der Waals surface area (Å²) in [5.74, 6) is -17.4. The van der Waals surface area contributed by atoms with Crippen molar-refractivity contribution >= 4 is 101 Å². The van der Waals surface area contributed by atoms with Crippen LogP contribution in [0.3, 0.4) is 0 Å². The van der Waals surface area contributed by atoms with Gasteiger partial charge >= 0.3 is 11.9 Å². The van der Waals surface area contributed by atoms with Gasteiger partial charge in [0.2, 0.25) is 82.7 Å². The van der Waals surface area contributed by atoms with Gasteiger partial charge in [-0.2, -0.15) is 0 Å². The summed E-state index contributed by atoms with van der Waals surface area (Å²) in [6.07, 6.45) is -0.133. The summed E-state index contributed by atoms with van der Waals surface area (Å²) in [6, 6.07) is -17.0. The molecule has 0 aromatic carbocycles. The largest absolute Gasteiger partial charge is 0.481 e. The Morgan fingerprint density at radius 3 is 1.30 bits per heavy atom. The van der Waals surface area contributed by atoms with Crippen molar-refractivity contribution in [1.82, 2.24) is 67.9 Å². The number of carboxylic acids is 3. The first-order valence-corrected chi connectivity index (χ1v) is 35.3. The van der Waals surface area contributed by atoms with Crippen LogP contribution in [0.1, 0.15) is 166 Å². The van der Waals surface area contributed by atoms with Crippen molar-refractivity contribution in [2.24, 2.45) is 40.9 Å². The first kappa shape index (κ1) is 90.9. The van der Waals surface area contributed by atoms with Gasteiger partial charge in [0.15, 0.2) is 6.04 Å². The molecule has 3 saturated heterocycles. The minimum absolute atomic E-state index is 0.00593. The Hall–Kier alpha value is -9.17. The normalized spacial score (nSPS) is 18.7. The topological polar surface area (TPSA) is 599 Å². The summed E-state index contributed by atoms with van der Waals surface area (Å²) in [4.78, 5) is 229. The molecule has 3 aliphatic rings. The summed E-state index contributed by atoms with van der Waals surface area (Å²) in [5.41, 5.74) is 16.9. The zero-order valence-electron chi connectivity index (χ0n) is 61.1. The fraction of sp³-hybridized carbons (Fsp3) is 0.742. The molecule has 0 spiro atoms. The number of hydrogen-bond donors (Lipinski definition) is 18. The van der Waals surface area contributed by atoms with Crippen molar-refractivity contribution < 1.29 is 107 Å². The molecule has 38 heteroatoms. The first-order chi connectivity index (χ1) is 48.7. The van der Waals surface area contributed by atoms with Crippen molar-refractivity contribution in [3.05, 3.63) is 0 Å². The van der Waals surface area contributed by atoms with E-state index in [2.05, 4.69) is 42.5 Å². The highest BCUT2D eigenvalue weighted by Crippen LogP contribution is 2.26. The van der Waals surface area contributed by atoms with Crippen LogP contribution in [0.15, 0.2) is 0 Å². The average Bonchev–Trinajstić information content (AvgIpc) is 1.63. The summed E-state index contributed by atoms with van der Waals surface area (Å²) < 4.78 is 0. The van der Waals surface area contributed by atoms with Gasteiger partial charge in [-0.1, -0.05) is 61.8 Å². The maximum Gasteiger partial charge on any atom is 0.328 e. The maximum atomic E-state index is 14.6. The molecule has 0 radical (unpaired) electrons. The Balaban J connectivity index is 0.00000894. The van der Waals surface area contributed by atoms with Gasteiger partial charge in [0.25, 0.3) is 5.97 Å². The summed E-state index contributed by atoms with van der Waals surface area (Å²) in [7, 11) is 0. The number of nitrogens with two attached hydrogens (primary N) is 3. The highest BCUT2D eigenvalue weighted by Gasteiger charge is 2.46. The standard InChI is InChI=1S/C64H108N16O20.C2H4O2/c1-10-35(8)51(76-60(95)46-19-14-21-78(46)61(96)37(16-11-12-20-65)69-48(84)29-66)63(98)80-23-15-18-45(80)59(94)74-42(27-47(67)83)62(97)79-22-13-17-44(79)58(93)73-40(26-34(6)7)55(90)71-38(24-32(2)3)53(88)68-30-49(85)70-39(25-33(4)5)54(89)72-41(28-50(86)87)56(91)75-43(31-81)57(92)77-52(36(9)82)64(99)100;1-2(3)4/h32-46,51-52,81-82H,10-31,65-66H2,1-9H3,(H2,67,83)(H,68,88)(H,69,84)(H,70,85)(H,71,90)(H,72,89)(H,73,93)(H,74,94)(H,75,91)(H,76,95)(H,77,92)(H,86,87)(H,99,100);1H3,(H,3,4). The minimum atomic E-state index is -1.93. The number of nitrogens with one attached hydrogen (secondary N) is 10. The van der Waals surface area contributed by atoms with Crippen LogP contribution in [-0.2, 0) is 81.5 Å². The lowest BCUT2D eigenvalue weighted by atomic mass is 9.96. The lowest BCUT2D eigenvalue weighted by Crippen LogP contribution is -2.61. The van der Waals surface area contributed by atoms with Crippen LogP contribution in [0.5, 0.6) is 0 Å². The van der Waals surface area contributed by atoms with E-state index in [1.165, 1.54) is 9.80 Å². The number of carbonyl (C=O) groups excluding carboxylic acids is 14. The van der Waals surface area contributed by atoms with Gasteiger partial charge in [-0.15, -0.1) is 0 Å². The van der Waals surface area contributed by atoms with Gasteiger partial charge in [0.1, 0.15) is 66.5 Å². The number of aliphatic hydroxyl groups excluding tert-OH is 2. The van der Waals surface area contributed by atoms with E-state index in [0.29, 0.717) is 38.6 Å². The summed E-state index contributed by atoms with van der Waals surface area (Å²) >= 11 is 0. The van der Waals surface area contributed by atoms with E-state index in [4.69, 9.17) is 27.1 Å². The van der Waals surface area contributed by atoms with Crippen molar-refractivity contribution in [3.63, 3.8) is 0 Å². The van der Waals surface area contributed by atoms with E-state index in [1.807, 2.05) is 17.6 Å². The van der Waals surface area contributed by atoms with Gasteiger partial charge in [0.05, 0.1) is 38.6 Å². The van der Waals surface area contributed by atoms with Crippen molar-refractivity contribution in [2.45, 2.75) is 244 Å². The Morgan fingerprint density at radius 1 is 0.471 bits per heavy atom. The molecule has 0 bridgehead atoms. The van der Waals surface area contributed by atoms with Gasteiger partial charge in [-0.3, -0.25) is 76.7 Å². The van der Waals surface area contributed by atoms with E-state index in [1.54, 1.807) is 48.5 Å². The zero-order chi connectivity index (χ0) is 79.0. The molecule has 3 rings (SSSR count). The number of hydrogen-bond acceptors (Lipinski definition) is 21. The van der Waals surface area contributed by atoms with Crippen molar-refractivity contribution in [1.29, 1.82) is 0 Å². The lowest BCUT2D eigenvalue weighted by Gasteiger charge is -2.34. The lowest BCUT2D eigenvalue weighted by molar-refractivity contribution is -0.146. The van der Waals surface area contributed by atoms with E-state index in [-0.39, 0.29) is 95.3 Å². The predicted molar refractivity (Wildman–Crippen MR) is 370 cm³/mol. The Morgan fingerprint density at radius 2 is 0.875 bits per heavy atom. The van der Waals surface area contributed by atoms with E-state index in [9.17, 15) is 97.1 Å². The van der Waals surface area contributed by atoms with Crippen LogP contribution in [-0.4, -0.2) is 265 Å². The SMILES string of the molecule is CC(=O)O.CCC(C)C(NC(=O)C1CCCN1C(=O)C(CCCCN)NC(=O)CN)C(=O)N1CCCC1C(=O)NC(CC(N)=O)C(=O)N1CCCC1C(=O)NC(CC(C)C)C(=O)NC(CC(C)C)C(=O)NCC(=O)NC(CC(C)C)C(=O)NC(CC(=O)O)C(=O)NC(CO)C(=O)NC(C(=O)O)C(C)O. The molecule has 14 unspecified atom stereocenters. The number of aliphatic hydroxyl groups is 2. The van der Waals surface area contributed by atoms with Gasteiger partial charge < -0.3 is 111 Å². The Bertz CT molecular complexity index is 3000. The number of rotatable bonds is 42. The molecule has 3 fully saturated rings. The minimum Gasteiger partial charge on any atom is -0.481 e. The monoisotopic (exact) mass is 1480 g/mol. The highest BCUT2D eigenvalue weighted by molar-refractivity contribution is 6.01. The molecule has 0 aliphatic carbocycles. The third-order valence-corrected chi connectivity index (χ3v) is 17.4. The van der Waals surface area contributed by atoms with Gasteiger partial charge in [-0.25, -0.2) is 4.79 Å². The molecule has 0 aromatic rings. The van der Waals surface area contributed by atoms with E-state index < -0.39 is 211 Å². The second kappa shape index (κ2) is 45.1. The third kappa shape index (κ3) is 30.3. The molecule has 14 atom stereocenters. The quantitative estimate of drug-likeness (QED) is 0.0254. The third-order valence-electron chi connectivity index (χ3n) is 17.4. The number of primary amides is 1. The Labute approximate surface area is 604 Å². The molecule has 3 aliphatic heterocycles. The highest BCUT2D eigenvalue weighted by atomic mass is 16.4. The molecule has 0 saturated carbocycles. The van der Waals surface area contributed by atoms with Crippen LogP contribution in [0.25, 0.3) is 0 Å². The van der Waals surface area contributed by atoms with Crippen LogP contribution in [0, 0.1) is 23.7 Å². The van der Waals surface area contributed by atoms with E-state index in [0.717, 1.165) is 18.7 Å². The summed E-state index contributed by atoms with van der Waals surface area (Å²) in [6.45, 7) is 14.4. The van der Waals surface area contributed by atoms with Gasteiger partial charge in [0, 0.05) is 26.6 Å². The first-order valence-electron chi connectivity index (χ1n) is 35.3. The zero-order valence-corrected chi connectivity index (χ0v) is 61.1. The molecule has 38 nitrogen and oxygen atoms in total. The van der Waals surface area contributed by atoms with E-state index >= 15 is 0 Å². The number of carbonyl (C=O) groups is 17. The number of aliphatic carboxylic acids is 3. The average molecular weight is 1480 g/mol. The van der Waals surface area contributed by atoms with Crippen molar-refractivity contribution in [3.8, 4) is 0 Å². The number of unbranched alkanes of at least 4 members (excludes halogenated alkanes) is 1. The molecular weight excluding hydrogens is 1370 g/mol. The molecular formula is C66H112N16O22. The van der Waals surface area contributed by atoms with Crippen LogP contribution < -0.4 is 70.4 Å². The van der Waals surface area contributed by atoms with Crippen LogP contribution in [0.4, 0.5) is 0 Å². The number of nitrogens with zero attached hydrogens (tertiary/aromatic N) is 3. The predicted octanol–water partition coefficient (Wildman–Crippen LogP) is -5.39. The number of carboxylic acid groups (broad SMARTS) is 3. The Kier molecular flexibility index (Phi) is 39.5. The van der Waals surface area contributed by atoms with Crippen LogP contribution in [0.2, 0.25) is 0 Å².